The maximum Gasteiger partial charge on any atom is 0.295 e. The van der Waals surface area contributed by atoms with Crippen LogP contribution in [0.1, 0.15) is 45.4 Å². The first kappa shape index (κ1) is 19.6. The van der Waals surface area contributed by atoms with Crippen molar-refractivity contribution in [1.29, 1.82) is 0 Å². The van der Waals surface area contributed by atoms with E-state index < -0.39 is 12.3 Å². The van der Waals surface area contributed by atoms with E-state index in [1.165, 1.54) is 6.07 Å². The first-order chi connectivity index (χ1) is 14.3. The van der Waals surface area contributed by atoms with Gasteiger partial charge in [0.2, 0.25) is 5.82 Å². The Morgan fingerprint density at radius 2 is 1.83 bits per heavy atom. The number of amides is 1. The highest BCUT2D eigenvalue weighted by Gasteiger charge is 2.22. The standard InChI is InChI=1S/C20H19F2N7O/c1-11-9-15(17(21)22)29-20(23-11)25-18(27-29)19(30)24-16-12(2)26-28(13(16)3)10-14-7-5-4-6-8-14/h4-9,17H,10H2,1-3H3,(H,24,30). The number of alkyl halides is 2. The largest absolute Gasteiger partial charge is 0.316 e. The van der Waals surface area contributed by atoms with Crippen molar-refractivity contribution in [1.82, 2.24) is 29.4 Å². The highest BCUT2D eigenvalue weighted by molar-refractivity contribution is 6.02. The third-order valence-electron chi connectivity index (χ3n) is 4.69. The minimum atomic E-state index is -2.77. The normalized spacial score (nSPS) is 11.4. The lowest BCUT2D eigenvalue weighted by Gasteiger charge is -2.06. The zero-order valence-electron chi connectivity index (χ0n) is 16.6. The van der Waals surface area contributed by atoms with E-state index in [1.54, 1.807) is 18.5 Å². The Bertz CT molecular complexity index is 1230. The molecule has 0 unspecified atom stereocenters. The smallest absolute Gasteiger partial charge is 0.295 e. The number of fused-ring (bicyclic) bond motifs is 1. The monoisotopic (exact) mass is 411 g/mol. The Hall–Kier alpha value is -3.69. The van der Waals surface area contributed by atoms with E-state index in [-0.39, 0.29) is 17.3 Å². The van der Waals surface area contributed by atoms with Gasteiger partial charge in [0.05, 0.1) is 23.6 Å². The Morgan fingerprint density at radius 3 is 2.53 bits per heavy atom. The average molecular weight is 411 g/mol. The number of carbonyl (C=O) groups excluding carboxylic acids is 1. The molecular weight excluding hydrogens is 392 g/mol. The second kappa shape index (κ2) is 7.62. The number of halogens is 2. The Balaban J connectivity index is 1.62. The van der Waals surface area contributed by atoms with Crippen LogP contribution in [0.2, 0.25) is 0 Å². The molecule has 0 fully saturated rings. The number of benzene rings is 1. The van der Waals surface area contributed by atoms with Gasteiger partial charge in [-0.05, 0) is 32.4 Å². The van der Waals surface area contributed by atoms with Gasteiger partial charge in [0.25, 0.3) is 18.1 Å². The maximum absolute atomic E-state index is 13.3. The van der Waals surface area contributed by atoms with Crippen LogP contribution in [0.25, 0.3) is 5.78 Å². The fourth-order valence-corrected chi connectivity index (χ4v) is 3.22. The number of aryl methyl sites for hydroxylation is 2. The molecule has 10 heteroatoms. The molecule has 30 heavy (non-hydrogen) atoms. The molecule has 1 aromatic carbocycles. The number of hydrogen-bond donors (Lipinski definition) is 1. The number of carbonyl (C=O) groups is 1. The summed E-state index contributed by atoms with van der Waals surface area (Å²) in [4.78, 5) is 20.8. The van der Waals surface area contributed by atoms with Gasteiger partial charge in [-0.15, -0.1) is 5.10 Å². The molecule has 154 valence electrons. The predicted octanol–water partition coefficient (Wildman–Crippen LogP) is 3.48. The van der Waals surface area contributed by atoms with Crippen molar-refractivity contribution < 1.29 is 13.6 Å². The first-order valence-electron chi connectivity index (χ1n) is 9.25. The van der Waals surface area contributed by atoms with Crippen LogP contribution in [0.3, 0.4) is 0 Å². The molecule has 0 saturated heterocycles. The number of rotatable bonds is 5. The molecule has 0 aliphatic rings. The van der Waals surface area contributed by atoms with Crippen molar-refractivity contribution in [2.45, 2.75) is 33.7 Å². The minimum Gasteiger partial charge on any atom is -0.316 e. The average Bonchev–Trinajstić information content (AvgIpc) is 3.24. The van der Waals surface area contributed by atoms with Crippen molar-refractivity contribution in [3.8, 4) is 0 Å². The molecule has 1 amide bonds. The van der Waals surface area contributed by atoms with Crippen LogP contribution in [-0.4, -0.2) is 35.3 Å². The molecule has 8 nitrogen and oxygen atoms in total. The second-order valence-electron chi connectivity index (χ2n) is 6.91. The van der Waals surface area contributed by atoms with Gasteiger partial charge in [-0.3, -0.25) is 9.48 Å². The number of anilines is 1. The van der Waals surface area contributed by atoms with Crippen LogP contribution in [0.15, 0.2) is 36.4 Å². The number of hydrogen-bond acceptors (Lipinski definition) is 5. The van der Waals surface area contributed by atoms with Crippen LogP contribution < -0.4 is 5.32 Å². The van der Waals surface area contributed by atoms with Gasteiger partial charge in [0.1, 0.15) is 5.69 Å². The lowest BCUT2D eigenvalue weighted by Crippen LogP contribution is -2.15. The molecule has 3 heterocycles. The molecular formula is C20H19F2N7O. The fourth-order valence-electron chi connectivity index (χ4n) is 3.22. The highest BCUT2D eigenvalue weighted by Crippen LogP contribution is 2.22. The molecule has 4 aromatic rings. The Kier molecular flexibility index (Phi) is 4.98. The quantitative estimate of drug-likeness (QED) is 0.543. The van der Waals surface area contributed by atoms with Gasteiger partial charge in [-0.1, -0.05) is 30.3 Å². The lowest BCUT2D eigenvalue weighted by atomic mass is 10.2. The van der Waals surface area contributed by atoms with E-state index in [0.717, 1.165) is 15.8 Å². The van der Waals surface area contributed by atoms with Crippen LogP contribution in [0.5, 0.6) is 0 Å². The number of nitrogens with one attached hydrogen (secondary N) is 1. The van der Waals surface area contributed by atoms with Gasteiger partial charge in [0, 0.05) is 5.69 Å². The topological polar surface area (TPSA) is 90.0 Å². The van der Waals surface area contributed by atoms with Gasteiger partial charge < -0.3 is 5.32 Å². The zero-order chi connectivity index (χ0) is 21.4. The van der Waals surface area contributed by atoms with Crippen molar-refractivity contribution in [3.63, 3.8) is 0 Å². The SMILES string of the molecule is Cc1cc(C(F)F)n2nc(C(=O)Nc3c(C)nn(Cc4ccccc4)c3C)nc2n1. The Morgan fingerprint density at radius 1 is 1.10 bits per heavy atom. The molecule has 0 aliphatic heterocycles. The van der Waals surface area contributed by atoms with E-state index in [2.05, 4.69) is 25.5 Å². The summed E-state index contributed by atoms with van der Waals surface area (Å²) in [7, 11) is 0. The van der Waals surface area contributed by atoms with Crippen LogP contribution >= 0.6 is 0 Å². The number of aromatic nitrogens is 6. The Labute approximate surface area is 170 Å². The van der Waals surface area contributed by atoms with Gasteiger partial charge in [-0.25, -0.2) is 13.8 Å². The molecule has 4 rings (SSSR count). The molecule has 0 saturated carbocycles. The molecule has 0 spiro atoms. The van der Waals surface area contributed by atoms with E-state index in [4.69, 9.17) is 0 Å². The number of nitrogens with zero attached hydrogens (tertiary/aromatic N) is 6. The maximum atomic E-state index is 13.3. The highest BCUT2D eigenvalue weighted by atomic mass is 19.3. The van der Waals surface area contributed by atoms with E-state index >= 15 is 0 Å². The van der Waals surface area contributed by atoms with Crippen molar-refractivity contribution >= 4 is 17.4 Å². The van der Waals surface area contributed by atoms with Crippen LogP contribution in [0, 0.1) is 20.8 Å². The summed E-state index contributed by atoms with van der Waals surface area (Å²) in [5, 5.41) is 11.2. The third-order valence-corrected chi connectivity index (χ3v) is 4.69. The molecule has 1 N–H and O–H groups in total. The van der Waals surface area contributed by atoms with E-state index in [1.807, 2.05) is 37.3 Å². The predicted molar refractivity (Wildman–Crippen MR) is 106 cm³/mol. The third kappa shape index (κ3) is 3.63. The summed E-state index contributed by atoms with van der Waals surface area (Å²) in [5.41, 5.74) is 2.99. The van der Waals surface area contributed by atoms with Crippen molar-refractivity contribution in [3.05, 3.63) is 70.6 Å². The van der Waals surface area contributed by atoms with E-state index in [9.17, 15) is 13.6 Å². The van der Waals surface area contributed by atoms with Crippen LogP contribution in [-0.2, 0) is 6.54 Å². The van der Waals surface area contributed by atoms with Gasteiger partial charge in [0.15, 0.2) is 0 Å². The summed E-state index contributed by atoms with van der Waals surface area (Å²) < 4.78 is 29.3. The first-order valence-corrected chi connectivity index (χ1v) is 9.25. The fraction of sp³-hybridized carbons (Fsp3) is 0.250. The van der Waals surface area contributed by atoms with Gasteiger partial charge in [-0.2, -0.15) is 14.6 Å². The molecule has 0 aliphatic carbocycles. The summed E-state index contributed by atoms with van der Waals surface area (Å²) in [6, 6.07) is 11.0. The molecule has 3 aromatic heterocycles. The van der Waals surface area contributed by atoms with E-state index in [0.29, 0.717) is 23.6 Å². The molecule has 0 radical (unpaired) electrons. The molecule has 0 bridgehead atoms. The van der Waals surface area contributed by atoms with Crippen molar-refractivity contribution in [2.75, 3.05) is 5.32 Å². The summed E-state index contributed by atoms with van der Waals surface area (Å²) in [6.45, 7) is 5.75. The summed E-state index contributed by atoms with van der Waals surface area (Å²) >= 11 is 0. The van der Waals surface area contributed by atoms with Crippen LogP contribution in [0.4, 0.5) is 14.5 Å². The minimum absolute atomic E-state index is 0.0522. The molecule has 0 atom stereocenters. The summed E-state index contributed by atoms with van der Waals surface area (Å²) in [5.74, 6) is -0.919. The van der Waals surface area contributed by atoms with Gasteiger partial charge >= 0.3 is 0 Å². The summed E-state index contributed by atoms with van der Waals surface area (Å²) in [6.07, 6.45) is -2.77. The lowest BCUT2D eigenvalue weighted by molar-refractivity contribution is 0.101. The zero-order valence-corrected chi connectivity index (χ0v) is 16.6. The second-order valence-corrected chi connectivity index (χ2v) is 6.91. The van der Waals surface area contributed by atoms with Crippen molar-refractivity contribution in [2.24, 2.45) is 0 Å².